The number of ether oxygens (including phenoxy) is 2. The summed E-state index contributed by atoms with van der Waals surface area (Å²) in [5.41, 5.74) is 2.23. The summed E-state index contributed by atoms with van der Waals surface area (Å²) in [6, 6.07) is 10.7. The molecule has 1 amide bonds. The van der Waals surface area contributed by atoms with Crippen LogP contribution in [0.3, 0.4) is 0 Å². The van der Waals surface area contributed by atoms with E-state index in [1.165, 1.54) is 36.3 Å². The highest BCUT2D eigenvalue weighted by atomic mass is 19.1. The molecule has 0 bridgehead atoms. The van der Waals surface area contributed by atoms with Crippen molar-refractivity contribution in [2.24, 2.45) is 0 Å². The Morgan fingerprint density at radius 2 is 1.89 bits per heavy atom. The molecule has 0 spiro atoms. The highest BCUT2D eigenvalue weighted by Gasteiger charge is 2.26. The van der Waals surface area contributed by atoms with Gasteiger partial charge in [-0.1, -0.05) is 6.42 Å². The average molecular weight is 485 g/mol. The van der Waals surface area contributed by atoms with E-state index in [1.54, 1.807) is 26.1 Å². The summed E-state index contributed by atoms with van der Waals surface area (Å²) >= 11 is 0. The van der Waals surface area contributed by atoms with Crippen LogP contribution in [-0.4, -0.2) is 53.2 Å². The van der Waals surface area contributed by atoms with Gasteiger partial charge in [-0.15, -0.1) is 0 Å². The van der Waals surface area contributed by atoms with Crippen LogP contribution in [0.15, 0.2) is 42.5 Å². The summed E-state index contributed by atoms with van der Waals surface area (Å²) in [6.07, 6.45) is 3.26. The second-order valence-electron chi connectivity index (χ2n) is 8.03. The number of nitrogens with zero attached hydrogens (tertiary/aromatic N) is 3. The molecule has 0 fully saturated rings. The van der Waals surface area contributed by atoms with Crippen molar-refractivity contribution in [1.29, 1.82) is 0 Å². The lowest BCUT2D eigenvalue weighted by atomic mass is 10.1. The zero-order valence-corrected chi connectivity index (χ0v) is 20.0. The second-order valence-corrected chi connectivity index (χ2v) is 8.03. The van der Waals surface area contributed by atoms with Crippen LogP contribution in [0.4, 0.5) is 10.1 Å². The summed E-state index contributed by atoms with van der Waals surface area (Å²) in [7, 11) is 3.04. The van der Waals surface area contributed by atoms with E-state index in [2.05, 4.69) is 10.2 Å². The van der Waals surface area contributed by atoms with E-state index >= 15 is 0 Å². The minimum absolute atomic E-state index is 0.0383. The number of benzene rings is 2. The van der Waals surface area contributed by atoms with Gasteiger partial charge in [0, 0.05) is 30.9 Å². The van der Waals surface area contributed by atoms with Crippen LogP contribution in [0.2, 0.25) is 0 Å². The Balaban J connectivity index is 1.53. The zero-order chi connectivity index (χ0) is 25.4. The van der Waals surface area contributed by atoms with Crippen molar-refractivity contribution in [3.05, 3.63) is 69.7 Å². The van der Waals surface area contributed by atoms with Gasteiger partial charge < -0.3 is 14.4 Å². The molecule has 0 unspecified atom stereocenters. The molecule has 0 atom stereocenters. The molecule has 0 aliphatic heterocycles. The fraction of sp³-hybridized carbons (Fsp3) is 0.360. The standard InChI is InChI=1S/C25H29FN4O5/c1-4-35-24-16-22(30(32)33)20(15-23(24)34-3)25(31)29(2)13-7-5-6-8-19-14-21(28-27-19)17-9-11-18(26)12-10-17/h9-12,14-16H,4-8,13H2,1-3H3,(H,27,28). The predicted molar refractivity (Wildman–Crippen MR) is 129 cm³/mol. The number of unbranched alkanes of at least 4 members (excludes halogenated alkanes) is 2. The molecule has 0 saturated heterocycles. The third kappa shape index (κ3) is 6.56. The highest BCUT2D eigenvalue weighted by molar-refractivity contribution is 5.99. The zero-order valence-electron chi connectivity index (χ0n) is 20.0. The Labute approximate surface area is 203 Å². The Hall–Kier alpha value is -3.95. The van der Waals surface area contributed by atoms with Gasteiger partial charge in [0.2, 0.25) is 0 Å². The lowest BCUT2D eigenvalue weighted by molar-refractivity contribution is -0.385. The molecular weight excluding hydrogens is 455 g/mol. The number of aryl methyl sites for hydroxylation is 1. The molecule has 0 aliphatic carbocycles. The van der Waals surface area contributed by atoms with Crippen molar-refractivity contribution >= 4 is 11.6 Å². The number of nitro benzene ring substituents is 1. The minimum atomic E-state index is -0.590. The monoisotopic (exact) mass is 484 g/mol. The molecule has 1 N–H and O–H groups in total. The van der Waals surface area contributed by atoms with E-state index in [1.807, 2.05) is 6.07 Å². The topological polar surface area (TPSA) is 111 Å². The molecule has 186 valence electrons. The fourth-order valence-electron chi connectivity index (χ4n) is 3.71. The SMILES string of the molecule is CCOc1cc([N+](=O)[O-])c(C(=O)N(C)CCCCCc2cc(-c3ccc(F)cc3)n[nH]2)cc1OC. The van der Waals surface area contributed by atoms with Crippen LogP contribution in [0.1, 0.15) is 42.2 Å². The lowest BCUT2D eigenvalue weighted by Crippen LogP contribution is -2.28. The van der Waals surface area contributed by atoms with Gasteiger partial charge in [-0.05, 0) is 56.5 Å². The lowest BCUT2D eigenvalue weighted by Gasteiger charge is -2.18. The summed E-state index contributed by atoms with van der Waals surface area (Å²) in [5, 5.41) is 18.8. The van der Waals surface area contributed by atoms with Gasteiger partial charge in [0.05, 0.1) is 30.4 Å². The number of rotatable bonds is 12. The normalized spacial score (nSPS) is 10.7. The smallest absolute Gasteiger partial charge is 0.286 e. The maximum absolute atomic E-state index is 13.1. The maximum atomic E-state index is 13.1. The number of aromatic amines is 1. The Bertz CT molecular complexity index is 1160. The first kappa shape index (κ1) is 25.7. The molecule has 2 aromatic carbocycles. The number of nitrogens with one attached hydrogen (secondary N) is 1. The van der Waals surface area contributed by atoms with Gasteiger partial charge in [0.15, 0.2) is 11.5 Å². The highest BCUT2D eigenvalue weighted by Crippen LogP contribution is 2.35. The summed E-state index contributed by atoms with van der Waals surface area (Å²) in [4.78, 5) is 25.4. The number of halogens is 1. The first-order valence-corrected chi connectivity index (χ1v) is 11.4. The second kappa shape index (κ2) is 12.0. The summed E-state index contributed by atoms with van der Waals surface area (Å²) < 4.78 is 23.7. The molecule has 3 rings (SSSR count). The first-order valence-electron chi connectivity index (χ1n) is 11.4. The van der Waals surface area contributed by atoms with E-state index in [9.17, 15) is 19.3 Å². The predicted octanol–water partition coefficient (Wildman–Crippen LogP) is 5.02. The summed E-state index contributed by atoms with van der Waals surface area (Å²) in [6.45, 7) is 2.52. The fourth-order valence-corrected chi connectivity index (χ4v) is 3.71. The molecular formula is C25H29FN4O5. The number of hydrogen-bond donors (Lipinski definition) is 1. The van der Waals surface area contributed by atoms with Gasteiger partial charge in [0.1, 0.15) is 11.4 Å². The number of hydrogen-bond acceptors (Lipinski definition) is 6. The van der Waals surface area contributed by atoms with E-state index < -0.39 is 10.8 Å². The number of nitro groups is 1. The van der Waals surface area contributed by atoms with Gasteiger partial charge in [-0.2, -0.15) is 5.10 Å². The molecule has 1 heterocycles. The van der Waals surface area contributed by atoms with Gasteiger partial charge >= 0.3 is 0 Å². The molecule has 0 aliphatic rings. The van der Waals surface area contributed by atoms with Crippen LogP contribution in [-0.2, 0) is 6.42 Å². The van der Waals surface area contributed by atoms with Crippen molar-refractivity contribution < 1.29 is 23.6 Å². The quantitative estimate of drug-likeness (QED) is 0.220. The summed E-state index contributed by atoms with van der Waals surface area (Å²) in [5.74, 6) is -0.240. The van der Waals surface area contributed by atoms with Crippen molar-refractivity contribution in [1.82, 2.24) is 15.1 Å². The molecule has 1 aromatic heterocycles. The van der Waals surface area contributed by atoms with Crippen LogP contribution in [0.5, 0.6) is 11.5 Å². The molecule has 35 heavy (non-hydrogen) atoms. The van der Waals surface area contributed by atoms with Gasteiger partial charge in [0.25, 0.3) is 11.6 Å². The molecule has 3 aromatic rings. The van der Waals surface area contributed by atoms with E-state index in [4.69, 9.17) is 9.47 Å². The molecule has 10 heteroatoms. The number of amides is 1. The number of carbonyl (C=O) groups excluding carboxylic acids is 1. The van der Waals surface area contributed by atoms with Gasteiger partial charge in [-0.25, -0.2) is 4.39 Å². The third-order valence-electron chi connectivity index (χ3n) is 5.57. The molecule has 9 nitrogen and oxygen atoms in total. The van der Waals surface area contributed by atoms with Crippen LogP contribution in [0.25, 0.3) is 11.3 Å². The largest absolute Gasteiger partial charge is 0.493 e. The van der Waals surface area contributed by atoms with Crippen LogP contribution < -0.4 is 9.47 Å². The van der Waals surface area contributed by atoms with Crippen molar-refractivity contribution in [3.63, 3.8) is 0 Å². The van der Waals surface area contributed by atoms with Crippen molar-refractivity contribution in [2.75, 3.05) is 27.3 Å². The Morgan fingerprint density at radius 1 is 1.14 bits per heavy atom. The average Bonchev–Trinajstić information content (AvgIpc) is 3.32. The minimum Gasteiger partial charge on any atom is -0.493 e. The van der Waals surface area contributed by atoms with Crippen molar-refractivity contribution in [3.8, 4) is 22.8 Å². The number of H-pyrrole nitrogens is 1. The third-order valence-corrected chi connectivity index (χ3v) is 5.57. The molecule has 0 saturated carbocycles. The Kier molecular flexibility index (Phi) is 8.77. The van der Waals surface area contributed by atoms with E-state index in [0.717, 1.165) is 42.6 Å². The van der Waals surface area contributed by atoms with Gasteiger partial charge in [-0.3, -0.25) is 20.0 Å². The number of aromatic nitrogens is 2. The van der Waals surface area contributed by atoms with E-state index in [0.29, 0.717) is 13.2 Å². The van der Waals surface area contributed by atoms with Crippen LogP contribution in [0, 0.1) is 15.9 Å². The van der Waals surface area contributed by atoms with Crippen molar-refractivity contribution in [2.45, 2.75) is 32.6 Å². The number of carbonyl (C=O) groups is 1. The van der Waals surface area contributed by atoms with E-state index in [-0.39, 0.29) is 28.6 Å². The maximum Gasteiger partial charge on any atom is 0.286 e. The first-order chi connectivity index (χ1) is 16.8. The molecule has 0 radical (unpaired) electrons. The van der Waals surface area contributed by atoms with Crippen LogP contribution >= 0.6 is 0 Å². The number of methoxy groups -OCH3 is 1. The Morgan fingerprint density at radius 3 is 2.54 bits per heavy atom.